The highest BCUT2D eigenvalue weighted by atomic mass is 16.5. The molecule has 5 heteroatoms. The Morgan fingerprint density at radius 1 is 1.59 bits per heavy atom. The Morgan fingerprint density at radius 3 is 3.00 bits per heavy atom. The summed E-state index contributed by atoms with van der Waals surface area (Å²) in [6.45, 7) is 2.23. The van der Waals surface area contributed by atoms with Crippen molar-refractivity contribution in [2.24, 2.45) is 5.73 Å². The van der Waals surface area contributed by atoms with Crippen molar-refractivity contribution in [3.63, 3.8) is 0 Å². The van der Waals surface area contributed by atoms with Gasteiger partial charge in [0.05, 0.1) is 5.69 Å². The van der Waals surface area contributed by atoms with E-state index in [-0.39, 0.29) is 11.9 Å². The summed E-state index contributed by atoms with van der Waals surface area (Å²) in [5, 5.41) is 5.94. The van der Waals surface area contributed by atoms with Crippen LogP contribution >= 0.6 is 0 Å². The van der Waals surface area contributed by atoms with Crippen LogP contribution < -0.4 is 21.1 Å². The van der Waals surface area contributed by atoms with Crippen molar-refractivity contribution in [1.29, 1.82) is 0 Å². The smallest absolute Gasteiger partial charge is 0.265 e. The van der Waals surface area contributed by atoms with Gasteiger partial charge in [-0.25, -0.2) is 0 Å². The molecule has 0 aliphatic carbocycles. The number of carbonyl (C=O) groups excluding carboxylic acids is 1. The average molecular weight is 235 g/mol. The van der Waals surface area contributed by atoms with Gasteiger partial charge < -0.3 is 21.1 Å². The SMILES string of the molecule is CNC(CN)c1ccc2c(c1)NC(=O)C(C)O2. The van der Waals surface area contributed by atoms with Crippen LogP contribution in [0.15, 0.2) is 18.2 Å². The Balaban J connectivity index is 2.31. The lowest BCUT2D eigenvalue weighted by molar-refractivity contribution is -0.122. The molecule has 0 bridgehead atoms. The largest absolute Gasteiger partial charge is 0.479 e. The summed E-state index contributed by atoms with van der Waals surface area (Å²) in [6, 6.07) is 5.79. The van der Waals surface area contributed by atoms with Crippen molar-refractivity contribution in [3.05, 3.63) is 23.8 Å². The van der Waals surface area contributed by atoms with Crippen molar-refractivity contribution in [2.75, 3.05) is 18.9 Å². The molecule has 2 rings (SSSR count). The van der Waals surface area contributed by atoms with Gasteiger partial charge in [0.1, 0.15) is 5.75 Å². The van der Waals surface area contributed by atoms with Crippen LogP contribution in [0.2, 0.25) is 0 Å². The van der Waals surface area contributed by atoms with E-state index in [2.05, 4.69) is 10.6 Å². The first-order valence-electron chi connectivity index (χ1n) is 5.64. The van der Waals surface area contributed by atoms with E-state index in [4.69, 9.17) is 10.5 Å². The highest BCUT2D eigenvalue weighted by molar-refractivity contribution is 5.97. The number of nitrogens with one attached hydrogen (secondary N) is 2. The fourth-order valence-corrected chi connectivity index (χ4v) is 1.86. The van der Waals surface area contributed by atoms with Gasteiger partial charge in [0.15, 0.2) is 6.10 Å². The number of rotatable bonds is 3. The Kier molecular flexibility index (Phi) is 3.31. The summed E-state index contributed by atoms with van der Waals surface area (Å²) >= 11 is 0. The second-order valence-corrected chi connectivity index (χ2v) is 4.08. The molecule has 1 aromatic rings. The van der Waals surface area contributed by atoms with E-state index >= 15 is 0 Å². The molecule has 17 heavy (non-hydrogen) atoms. The molecular formula is C12H17N3O2. The van der Waals surface area contributed by atoms with Gasteiger partial charge in [0, 0.05) is 12.6 Å². The lowest BCUT2D eigenvalue weighted by Gasteiger charge is -2.25. The van der Waals surface area contributed by atoms with Crippen LogP contribution in [0.4, 0.5) is 5.69 Å². The third-order valence-corrected chi connectivity index (χ3v) is 2.92. The van der Waals surface area contributed by atoms with Gasteiger partial charge in [-0.1, -0.05) is 6.07 Å². The summed E-state index contributed by atoms with van der Waals surface area (Å²) in [5.41, 5.74) is 7.40. The number of likely N-dealkylation sites (N-methyl/N-ethyl adjacent to an activating group) is 1. The summed E-state index contributed by atoms with van der Waals surface area (Å²) in [4.78, 5) is 11.5. The molecule has 0 fully saturated rings. The number of nitrogens with two attached hydrogens (primary N) is 1. The minimum Gasteiger partial charge on any atom is -0.479 e. The highest BCUT2D eigenvalue weighted by Gasteiger charge is 2.24. The number of anilines is 1. The van der Waals surface area contributed by atoms with E-state index in [1.165, 1.54) is 0 Å². The van der Waals surface area contributed by atoms with E-state index in [1.807, 2.05) is 25.2 Å². The maximum Gasteiger partial charge on any atom is 0.265 e. The van der Waals surface area contributed by atoms with Crippen molar-refractivity contribution >= 4 is 11.6 Å². The monoisotopic (exact) mass is 235 g/mol. The van der Waals surface area contributed by atoms with Crippen molar-refractivity contribution < 1.29 is 9.53 Å². The maximum absolute atomic E-state index is 11.5. The fraction of sp³-hybridized carbons (Fsp3) is 0.417. The standard InChI is InChI=1S/C12H17N3O2/c1-7-12(16)15-9-5-8(10(6-13)14-2)3-4-11(9)17-7/h3-5,7,10,14H,6,13H2,1-2H3,(H,15,16). The molecule has 1 aromatic carbocycles. The Hall–Kier alpha value is -1.59. The third-order valence-electron chi connectivity index (χ3n) is 2.92. The number of amides is 1. The summed E-state index contributed by atoms with van der Waals surface area (Å²) in [7, 11) is 1.86. The van der Waals surface area contributed by atoms with Crippen LogP contribution in [0.25, 0.3) is 0 Å². The molecule has 0 saturated heterocycles. The van der Waals surface area contributed by atoms with Crippen LogP contribution in [0.1, 0.15) is 18.5 Å². The van der Waals surface area contributed by atoms with Crippen LogP contribution in [0.3, 0.4) is 0 Å². The van der Waals surface area contributed by atoms with Gasteiger partial charge in [0.2, 0.25) is 0 Å². The molecule has 0 saturated carbocycles. The average Bonchev–Trinajstić information content (AvgIpc) is 2.32. The Morgan fingerprint density at radius 2 is 2.35 bits per heavy atom. The van der Waals surface area contributed by atoms with E-state index in [1.54, 1.807) is 6.92 Å². The highest BCUT2D eigenvalue weighted by Crippen LogP contribution is 2.31. The first-order valence-corrected chi connectivity index (χ1v) is 5.64. The zero-order valence-electron chi connectivity index (χ0n) is 9.99. The van der Waals surface area contributed by atoms with Crippen LogP contribution in [-0.2, 0) is 4.79 Å². The van der Waals surface area contributed by atoms with Gasteiger partial charge in [-0.05, 0) is 31.7 Å². The van der Waals surface area contributed by atoms with Gasteiger partial charge >= 0.3 is 0 Å². The predicted molar refractivity (Wildman–Crippen MR) is 66.0 cm³/mol. The molecule has 0 radical (unpaired) electrons. The molecule has 1 heterocycles. The number of hydrogen-bond acceptors (Lipinski definition) is 4. The molecule has 5 nitrogen and oxygen atoms in total. The molecule has 2 unspecified atom stereocenters. The molecular weight excluding hydrogens is 218 g/mol. The Bertz CT molecular complexity index is 430. The van der Waals surface area contributed by atoms with Gasteiger partial charge in [-0.3, -0.25) is 4.79 Å². The molecule has 2 atom stereocenters. The van der Waals surface area contributed by atoms with Crippen molar-refractivity contribution in [2.45, 2.75) is 19.1 Å². The number of hydrogen-bond donors (Lipinski definition) is 3. The molecule has 0 aromatic heterocycles. The van der Waals surface area contributed by atoms with E-state index in [0.29, 0.717) is 18.0 Å². The lowest BCUT2D eigenvalue weighted by Crippen LogP contribution is -2.34. The second kappa shape index (κ2) is 4.73. The number of benzene rings is 1. The second-order valence-electron chi connectivity index (χ2n) is 4.08. The maximum atomic E-state index is 11.5. The summed E-state index contributed by atoms with van der Waals surface area (Å²) in [6.07, 6.45) is -0.442. The van der Waals surface area contributed by atoms with Crippen LogP contribution in [-0.4, -0.2) is 25.6 Å². The predicted octanol–water partition coefficient (Wildman–Crippen LogP) is 0.625. The van der Waals surface area contributed by atoms with E-state index in [9.17, 15) is 4.79 Å². The van der Waals surface area contributed by atoms with Gasteiger partial charge in [0.25, 0.3) is 5.91 Å². The van der Waals surface area contributed by atoms with E-state index in [0.717, 1.165) is 5.56 Å². The summed E-state index contributed by atoms with van der Waals surface area (Å²) in [5.74, 6) is 0.580. The molecule has 4 N–H and O–H groups in total. The van der Waals surface area contributed by atoms with Crippen LogP contribution in [0, 0.1) is 0 Å². The van der Waals surface area contributed by atoms with Gasteiger partial charge in [-0.15, -0.1) is 0 Å². The minimum atomic E-state index is -0.442. The fourth-order valence-electron chi connectivity index (χ4n) is 1.86. The van der Waals surface area contributed by atoms with E-state index < -0.39 is 6.10 Å². The molecule has 0 spiro atoms. The number of carbonyl (C=O) groups is 1. The number of ether oxygens (including phenoxy) is 1. The number of fused-ring (bicyclic) bond motifs is 1. The lowest BCUT2D eigenvalue weighted by atomic mass is 10.1. The Labute approximate surface area is 100 Å². The molecule has 1 aliphatic rings. The van der Waals surface area contributed by atoms with Gasteiger partial charge in [-0.2, -0.15) is 0 Å². The van der Waals surface area contributed by atoms with Crippen molar-refractivity contribution in [1.82, 2.24) is 5.32 Å². The van der Waals surface area contributed by atoms with Crippen molar-refractivity contribution in [3.8, 4) is 5.75 Å². The van der Waals surface area contributed by atoms with Crippen LogP contribution in [0.5, 0.6) is 5.75 Å². The molecule has 1 amide bonds. The first-order chi connectivity index (χ1) is 8.15. The quantitative estimate of drug-likeness (QED) is 0.718. The molecule has 1 aliphatic heterocycles. The topological polar surface area (TPSA) is 76.4 Å². The zero-order valence-corrected chi connectivity index (χ0v) is 9.99. The molecule has 92 valence electrons. The normalized spacial score (nSPS) is 20.2. The zero-order chi connectivity index (χ0) is 12.4. The minimum absolute atomic E-state index is 0.0801. The third kappa shape index (κ3) is 2.25. The first kappa shape index (κ1) is 11.9. The summed E-state index contributed by atoms with van der Waals surface area (Å²) < 4.78 is 5.48.